The van der Waals surface area contributed by atoms with E-state index in [1.54, 1.807) is 21.3 Å². The highest BCUT2D eigenvalue weighted by molar-refractivity contribution is 6.60. The van der Waals surface area contributed by atoms with Crippen LogP contribution < -0.4 is 11.1 Å². The van der Waals surface area contributed by atoms with Crippen LogP contribution in [0.3, 0.4) is 0 Å². The highest BCUT2D eigenvalue weighted by Gasteiger charge is 2.36. The monoisotopic (exact) mass is 310 g/mol. The number of carbonyl (C=O) groups is 1. The summed E-state index contributed by atoms with van der Waals surface area (Å²) in [5, 5.41) is 11.1. The van der Waals surface area contributed by atoms with Crippen LogP contribution in [0.5, 0.6) is 0 Å². The van der Waals surface area contributed by atoms with Crippen molar-refractivity contribution in [1.29, 1.82) is 0 Å². The molecule has 0 aromatic carbocycles. The molecule has 0 spiro atoms. The Bertz CT molecular complexity index is 220. The molecule has 0 saturated carbocycles. The third-order valence-electron chi connectivity index (χ3n) is 2.55. The van der Waals surface area contributed by atoms with E-state index in [0.717, 1.165) is 32.0 Å². The lowest BCUT2D eigenvalue weighted by Crippen LogP contribution is -2.43. The van der Waals surface area contributed by atoms with E-state index in [2.05, 4.69) is 5.32 Å². The average Bonchev–Trinajstić information content (AvgIpc) is 2.44. The molecule has 0 aromatic rings. The van der Waals surface area contributed by atoms with Gasteiger partial charge in [-0.3, -0.25) is 4.79 Å². The molecule has 0 rings (SSSR count). The quantitative estimate of drug-likeness (QED) is 0.381. The molecule has 122 valence electrons. The van der Waals surface area contributed by atoms with Gasteiger partial charge in [-0.15, -0.1) is 0 Å². The number of rotatable bonds is 11. The molecule has 0 saturated heterocycles. The van der Waals surface area contributed by atoms with Gasteiger partial charge >= 0.3 is 14.8 Å². The van der Waals surface area contributed by atoms with Crippen LogP contribution in [0.4, 0.5) is 0 Å². The Balaban J connectivity index is 0. The van der Waals surface area contributed by atoms with E-state index in [0.29, 0.717) is 13.0 Å². The third-order valence-corrected chi connectivity index (χ3v) is 5.39. The molecular formula is C12H30N2O5Si. The fraction of sp³-hybridized carbons (Fsp3) is 0.917. The van der Waals surface area contributed by atoms with Gasteiger partial charge in [-0.2, -0.15) is 0 Å². The number of carboxylic acid groups (broad SMARTS) is 1. The zero-order chi connectivity index (χ0) is 15.9. The lowest BCUT2D eigenvalue weighted by Gasteiger charge is -2.24. The largest absolute Gasteiger partial charge is 0.500 e. The van der Waals surface area contributed by atoms with Gasteiger partial charge in [0.05, 0.1) is 0 Å². The van der Waals surface area contributed by atoms with Gasteiger partial charge in [-0.05, 0) is 19.4 Å². The Morgan fingerprint density at radius 1 is 1.20 bits per heavy atom. The van der Waals surface area contributed by atoms with E-state index in [1.165, 1.54) is 0 Å². The Kier molecular flexibility index (Phi) is 16.2. The number of aliphatic carboxylic acids is 1. The Hall–Kier alpha value is -0.513. The SMILES string of the molecule is CCCC(=O)O.CO[Si](CCCNCCN)(OC)OC. The van der Waals surface area contributed by atoms with Crippen molar-refractivity contribution in [2.75, 3.05) is 41.0 Å². The maximum atomic E-state index is 9.60. The van der Waals surface area contributed by atoms with Crippen molar-refractivity contribution < 1.29 is 23.2 Å². The van der Waals surface area contributed by atoms with Crippen molar-refractivity contribution in [1.82, 2.24) is 5.32 Å². The molecule has 0 fully saturated rings. The second kappa shape index (κ2) is 14.9. The van der Waals surface area contributed by atoms with Crippen molar-refractivity contribution in [2.24, 2.45) is 5.73 Å². The fourth-order valence-corrected chi connectivity index (χ4v) is 3.15. The third kappa shape index (κ3) is 12.5. The summed E-state index contributed by atoms with van der Waals surface area (Å²) in [5.74, 6) is -0.711. The van der Waals surface area contributed by atoms with Crippen LogP contribution in [0.1, 0.15) is 26.2 Å². The van der Waals surface area contributed by atoms with E-state index in [1.807, 2.05) is 6.92 Å². The molecule has 0 bridgehead atoms. The highest BCUT2D eigenvalue weighted by atomic mass is 28.4. The first-order chi connectivity index (χ1) is 9.51. The van der Waals surface area contributed by atoms with Gasteiger partial charge in [0.1, 0.15) is 0 Å². The van der Waals surface area contributed by atoms with E-state index in [4.69, 9.17) is 24.1 Å². The molecule has 0 unspecified atom stereocenters. The molecule has 8 heteroatoms. The summed E-state index contributed by atoms with van der Waals surface area (Å²) in [6.07, 6.45) is 2.00. The molecule has 4 N–H and O–H groups in total. The minimum absolute atomic E-state index is 0.292. The van der Waals surface area contributed by atoms with Crippen molar-refractivity contribution in [2.45, 2.75) is 32.2 Å². The molecular weight excluding hydrogens is 280 g/mol. The van der Waals surface area contributed by atoms with Crippen LogP contribution in [-0.4, -0.2) is 60.8 Å². The van der Waals surface area contributed by atoms with E-state index >= 15 is 0 Å². The molecule has 0 atom stereocenters. The minimum atomic E-state index is -2.35. The first kappa shape index (κ1) is 21.8. The summed E-state index contributed by atoms with van der Waals surface area (Å²) >= 11 is 0. The maximum absolute atomic E-state index is 9.60. The summed E-state index contributed by atoms with van der Waals surface area (Å²) in [7, 11) is 2.55. The van der Waals surface area contributed by atoms with Gasteiger partial charge in [0.15, 0.2) is 0 Å². The highest BCUT2D eigenvalue weighted by Crippen LogP contribution is 2.13. The summed E-state index contributed by atoms with van der Waals surface area (Å²) in [5.41, 5.74) is 5.35. The van der Waals surface area contributed by atoms with Crippen LogP contribution in [-0.2, 0) is 18.1 Å². The van der Waals surface area contributed by atoms with Gasteiger partial charge in [0.25, 0.3) is 0 Å². The van der Waals surface area contributed by atoms with Crippen LogP contribution in [0.15, 0.2) is 0 Å². The topological polar surface area (TPSA) is 103 Å². The predicted molar refractivity (Wildman–Crippen MR) is 80.7 cm³/mol. The van der Waals surface area contributed by atoms with E-state index in [9.17, 15) is 4.79 Å². The van der Waals surface area contributed by atoms with Crippen molar-refractivity contribution in [3.8, 4) is 0 Å². The second-order valence-electron chi connectivity index (χ2n) is 4.08. The van der Waals surface area contributed by atoms with E-state index < -0.39 is 14.8 Å². The number of hydrogen-bond donors (Lipinski definition) is 3. The van der Waals surface area contributed by atoms with Crippen LogP contribution in [0, 0.1) is 0 Å². The van der Waals surface area contributed by atoms with Gasteiger partial charge in [0.2, 0.25) is 0 Å². The second-order valence-corrected chi connectivity index (χ2v) is 7.17. The van der Waals surface area contributed by atoms with Gasteiger partial charge < -0.3 is 29.4 Å². The Morgan fingerprint density at radius 2 is 1.75 bits per heavy atom. The van der Waals surface area contributed by atoms with Gasteiger partial charge in [0, 0.05) is 46.9 Å². The number of carboxylic acids is 1. The summed E-state index contributed by atoms with van der Waals surface area (Å²) < 4.78 is 15.9. The smallest absolute Gasteiger partial charge is 0.481 e. The van der Waals surface area contributed by atoms with E-state index in [-0.39, 0.29) is 0 Å². The number of hydrogen-bond acceptors (Lipinski definition) is 6. The summed E-state index contributed by atoms with van der Waals surface area (Å²) in [6, 6.07) is 0.827. The Morgan fingerprint density at radius 3 is 2.05 bits per heavy atom. The molecule has 20 heavy (non-hydrogen) atoms. The van der Waals surface area contributed by atoms with Crippen molar-refractivity contribution in [3.05, 3.63) is 0 Å². The molecule has 7 nitrogen and oxygen atoms in total. The fourth-order valence-electron chi connectivity index (χ4n) is 1.43. The first-order valence-corrected chi connectivity index (χ1v) is 8.73. The van der Waals surface area contributed by atoms with Crippen molar-refractivity contribution >= 4 is 14.8 Å². The molecule has 0 heterocycles. The predicted octanol–water partition coefficient (Wildman–Crippen LogP) is 0.674. The normalized spacial score (nSPS) is 10.8. The van der Waals surface area contributed by atoms with Crippen molar-refractivity contribution in [3.63, 3.8) is 0 Å². The minimum Gasteiger partial charge on any atom is -0.481 e. The first-order valence-electron chi connectivity index (χ1n) is 6.79. The zero-order valence-electron chi connectivity index (χ0n) is 13.1. The standard InChI is InChI=1S/C8H22N2O3Si.C4H8O2/c1-11-14(12-2,13-3)8-4-6-10-7-5-9;1-2-3-4(5)6/h10H,4-9H2,1-3H3;2-3H2,1H3,(H,5,6). The van der Waals surface area contributed by atoms with Gasteiger partial charge in [-0.1, -0.05) is 6.92 Å². The lowest BCUT2D eigenvalue weighted by atomic mass is 10.4. The summed E-state index contributed by atoms with van der Waals surface area (Å²) in [6.45, 7) is 4.28. The lowest BCUT2D eigenvalue weighted by molar-refractivity contribution is -0.137. The Labute approximate surface area is 123 Å². The molecule has 0 aliphatic rings. The maximum Gasteiger partial charge on any atom is 0.500 e. The average molecular weight is 310 g/mol. The zero-order valence-corrected chi connectivity index (χ0v) is 14.1. The van der Waals surface area contributed by atoms with Crippen LogP contribution >= 0.6 is 0 Å². The number of nitrogens with two attached hydrogens (primary N) is 1. The molecule has 0 aromatic heterocycles. The van der Waals surface area contributed by atoms with Crippen LogP contribution in [0.2, 0.25) is 6.04 Å². The van der Waals surface area contributed by atoms with Crippen LogP contribution in [0.25, 0.3) is 0 Å². The molecule has 0 aliphatic carbocycles. The molecule has 0 radical (unpaired) electrons. The number of nitrogens with one attached hydrogen (secondary N) is 1. The summed E-state index contributed by atoms with van der Waals surface area (Å²) in [4.78, 5) is 9.60. The molecule has 0 aliphatic heterocycles. The molecule has 0 amide bonds. The van der Waals surface area contributed by atoms with Gasteiger partial charge in [-0.25, -0.2) is 0 Å².